The van der Waals surface area contributed by atoms with E-state index in [2.05, 4.69) is 18.5 Å². The second-order valence-corrected chi connectivity index (χ2v) is 5.88. The fourth-order valence-electron chi connectivity index (χ4n) is 1.69. The molecule has 0 aliphatic heterocycles. The Kier molecular flexibility index (Phi) is 3.66. The molecule has 14 heavy (non-hydrogen) atoms. The van der Waals surface area contributed by atoms with Gasteiger partial charge in [0.2, 0.25) is 0 Å². The van der Waals surface area contributed by atoms with Crippen molar-refractivity contribution in [2.45, 2.75) is 31.4 Å². The Labute approximate surface area is 88.2 Å². The van der Waals surface area contributed by atoms with Crippen molar-refractivity contribution >= 4 is 25.2 Å². The molecule has 0 amide bonds. The van der Waals surface area contributed by atoms with E-state index in [0.29, 0.717) is 0 Å². The summed E-state index contributed by atoms with van der Waals surface area (Å²) in [4.78, 5) is 18.0. The molecule has 5 nitrogen and oxygen atoms in total. The molecule has 1 saturated carbocycles. The van der Waals surface area contributed by atoms with Crippen LogP contribution in [0.1, 0.15) is 25.7 Å². The summed E-state index contributed by atoms with van der Waals surface area (Å²) < 4.78 is 11.1. The van der Waals surface area contributed by atoms with Crippen LogP contribution in [0.15, 0.2) is 0 Å². The molecule has 82 valence electrons. The molecular formula is C7H15NO4PS+. The van der Waals surface area contributed by atoms with Crippen molar-refractivity contribution in [3.63, 3.8) is 0 Å². The lowest BCUT2D eigenvalue weighted by Gasteiger charge is -2.21. The Morgan fingerprint density at radius 1 is 1.43 bits per heavy atom. The van der Waals surface area contributed by atoms with Gasteiger partial charge < -0.3 is 14.5 Å². The Morgan fingerprint density at radius 3 is 2.29 bits per heavy atom. The lowest BCUT2D eigenvalue weighted by Crippen LogP contribution is -2.40. The first-order valence-corrected chi connectivity index (χ1v) is 6.93. The van der Waals surface area contributed by atoms with Gasteiger partial charge in [0.25, 0.3) is 0 Å². The van der Waals surface area contributed by atoms with E-state index < -0.39 is 12.4 Å². The fraction of sp³-hybridized carbons (Fsp3) is 0.857. The second kappa shape index (κ2) is 4.24. The predicted molar refractivity (Wildman–Crippen MR) is 55.4 cm³/mol. The summed E-state index contributed by atoms with van der Waals surface area (Å²) in [5, 5.41) is 0. The van der Waals surface area contributed by atoms with Gasteiger partial charge >= 0.3 is 12.4 Å². The topological polar surface area (TPSA) is 61.9 Å². The maximum absolute atomic E-state index is 8.98. The van der Waals surface area contributed by atoms with Crippen LogP contribution in [-0.2, 0) is 21.2 Å². The van der Waals surface area contributed by atoms with Crippen LogP contribution in [0, 0.1) is 0 Å². The van der Waals surface area contributed by atoms with Gasteiger partial charge in [-0.05, 0) is 12.8 Å². The van der Waals surface area contributed by atoms with Crippen LogP contribution in [0.2, 0.25) is 0 Å². The minimum atomic E-state index is -3.71. The summed E-state index contributed by atoms with van der Waals surface area (Å²) in [5.41, 5.74) is -0.657. The molecule has 0 aromatic heterocycles. The number of methoxy groups -OCH3 is 1. The molecule has 0 heterocycles. The van der Waals surface area contributed by atoms with Crippen molar-refractivity contribution in [3.8, 4) is 0 Å². The van der Waals surface area contributed by atoms with E-state index in [-0.39, 0.29) is 0 Å². The molecule has 0 aromatic rings. The van der Waals surface area contributed by atoms with Crippen LogP contribution < -0.4 is 0 Å². The van der Waals surface area contributed by atoms with Gasteiger partial charge in [0, 0.05) is 36.5 Å². The van der Waals surface area contributed by atoms with Crippen LogP contribution in [0.3, 0.4) is 0 Å². The molecule has 1 aliphatic rings. The molecule has 1 fully saturated rings. The van der Waals surface area contributed by atoms with Gasteiger partial charge in [-0.25, -0.2) is 0 Å². The highest BCUT2D eigenvalue weighted by molar-refractivity contribution is 8.06. The van der Waals surface area contributed by atoms with Gasteiger partial charge in [0.15, 0.2) is 6.72 Å². The molecular weight excluding hydrogens is 225 g/mol. The van der Waals surface area contributed by atoms with Crippen molar-refractivity contribution in [3.05, 3.63) is 0 Å². The molecule has 1 aliphatic carbocycles. The lowest BCUT2D eigenvalue weighted by atomic mass is 10.2. The molecule has 0 unspecified atom stereocenters. The second-order valence-electron chi connectivity index (χ2n) is 3.31. The summed E-state index contributed by atoms with van der Waals surface area (Å²) in [6, 6.07) is 0. The van der Waals surface area contributed by atoms with Crippen molar-refractivity contribution in [1.82, 2.24) is 0 Å². The van der Waals surface area contributed by atoms with Crippen LogP contribution in [0.25, 0.3) is 0 Å². The van der Waals surface area contributed by atoms with E-state index in [9.17, 15) is 0 Å². The van der Waals surface area contributed by atoms with E-state index in [0.717, 1.165) is 30.4 Å². The van der Waals surface area contributed by atoms with Crippen molar-refractivity contribution in [2.75, 3.05) is 7.11 Å². The van der Waals surface area contributed by atoms with Crippen LogP contribution in [-0.4, -0.2) is 34.1 Å². The molecule has 2 N–H and O–H groups in total. The van der Waals surface area contributed by atoms with Crippen LogP contribution >= 0.6 is 6.72 Å². The summed E-state index contributed by atoms with van der Waals surface area (Å²) >= 11 is 4.36. The maximum Gasteiger partial charge on any atom is 0.442 e. The minimum Gasteiger partial charge on any atom is -0.319 e. The third-order valence-electron chi connectivity index (χ3n) is 2.42. The van der Waals surface area contributed by atoms with Gasteiger partial charge in [-0.2, -0.15) is 4.62 Å². The summed E-state index contributed by atoms with van der Waals surface area (Å²) in [6.07, 6.45) is 3.51. The van der Waals surface area contributed by atoms with E-state index in [1.165, 1.54) is 0 Å². The lowest BCUT2D eigenvalue weighted by molar-refractivity contribution is -0.827. The van der Waals surface area contributed by atoms with Crippen LogP contribution in [0.4, 0.5) is 0 Å². The third kappa shape index (κ3) is 2.74. The molecule has 0 radical (unpaired) electrons. The Hall–Kier alpha value is -0.0000000000000000486. The maximum atomic E-state index is 8.98. The predicted octanol–water partition coefficient (Wildman–Crippen LogP) is 0.757. The zero-order chi connectivity index (χ0) is 10.8. The zero-order valence-electron chi connectivity index (χ0n) is 8.05. The highest BCUT2D eigenvalue weighted by Gasteiger charge is 2.47. The van der Waals surface area contributed by atoms with Gasteiger partial charge in [-0.1, -0.05) is 0 Å². The third-order valence-corrected chi connectivity index (χ3v) is 3.03. The van der Waals surface area contributed by atoms with Gasteiger partial charge in [0.05, 0.1) is 0 Å². The molecule has 7 heteroatoms. The highest BCUT2D eigenvalue weighted by Crippen LogP contribution is 2.41. The van der Waals surface area contributed by atoms with Gasteiger partial charge in [-0.3, -0.25) is 0 Å². The first-order chi connectivity index (χ1) is 6.40. The number of nitrogens with zero attached hydrogens (tertiary/aromatic N) is 1. The molecule has 1 rings (SSSR count). The van der Waals surface area contributed by atoms with Crippen LogP contribution in [0.5, 0.6) is 0 Å². The first kappa shape index (κ1) is 12.1. The van der Waals surface area contributed by atoms with Crippen molar-refractivity contribution in [2.24, 2.45) is 0 Å². The largest absolute Gasteiger partial charge is 0.442 e. The SMILES string of the molecule is C=[N+](OP(O)(O)=S)C1(OC)CCCC1. The van der Waals surface area contributed by atoms with Crippen molar-refractivity contribution < 1.29 is 23.9 Å². The Bertz CT molecular complexity index is 271. The van der Waals surface area contributed by atoms with Gasteiger partial charge in [-0.15, -0.1) is 0 Å². The minimum absolute atomic E-state index is 0.657. The molecule has 0 saturated heterocycles. The molecule has 0 atom stereocenters. The number of hydrogen-bond donors (Lipinski definition) is 2. The number of hydrogen-bond acceptors (Lipinski definition) is 3. The summed E-state index contributed by atoms with van der Waals surface area (Å²) in [5.74, 6) is 0. The first-order valence-electron chi connectivity index (χ1n) is 4.31. The average molecular weight is 240 g/mol. The number of ether oxygens (including phenoxy) is 1. The Balaban J connectivity index is 2.71. The summed E-state index contributed by atoms with van der Waals surface area (Å²) in [7, 11) is 1.55. The number of hydroxylamine groups is 1. The molecule has 0 aromatic carbocycles. The van der Waals surface area contributed by atoms with Gasteiger partial charge in [0.1, 0.15) is 0 Å². The highest BCUT2D eigenvalue weighted by atomic mass is 32.5. The average Bonchev–Trinajstić information content (AvgIpc) is 2.49. The molecule has 0 spiro atoms. The standard InChI is InChI=1S/C7H14NO4PS/c1-8(12-13(9,10)14)7(11-2)5-3-4-6-7/h1,3-6H2,2H3,(H-,9,10,14)/p+1. The zero-order valence-corrected chi connectivity index (χ0v) is 9.76. The molecule has 0 bridgehead atoms. The Morgan fingerprint density at radius 2 is 1.93 bits per heavy atom. The van der Waals surface area contributed by atoms with Crippen molar-refractivity contribution in [1.29, 1.82) is 0 Å². The normalized spacial score (nSPS) is 20.8. The van der Waals surface area contributed by atoms with E-state index in [4.69, 9.17) is 19.1 Å². The van der Waals surface area contributed by atoms with E-state index in [1.807, 2.05) is 0 Å². The van der Waals surface area contributed by atoms with E-state index in [1.54, 1.807) is 7.11 Å². The fourth-order valence-corrected chi connectivity index (χ4v) is 2.33. The number of rotatable bonds is 4. The summed E-state index contributed by atoms with van der Waals surface area (Å²) in [6.45, 7) is -0.138. The quantitative estimate of drug-likeness (QED) is 0.250. The van der Waals surface area contributed by atoms with E-state index >= 15 is 0 Å². The monoisotopic (exact) mass is 240 g/mol. The smallest absolute Gasteiger partial charge is 0.319 e.